The molecule has 2 unspecified atom stereocenters. The molecule has 5 aliphatic rings. The monoisotopic (exact) mass is 504 g/mol. The Morgan fingerprint density at radius 3 is 2.22 bits per heavy atom. The summed E-state index contributed by atoms with van der Waals surface area (Å²) in [5.41, 5.74) is 1.89. The molecule has 0 bridgehead atoms. The molecule has 202 valence electrons. The van der Waals surface area contributed by atoms with Crippen molar-refractivity contribution in [3.05, 3.63) is 22.8 Å². The molecule has 5 rings (SSSR count). The van der Waals surface area contributed by atoms with Gasteiger partial charge in [-0.1, -0.05) is 54.5 Å². The predicted molar refractivity (Wildman–Crippen MR) is 147 cm³/mol. The number of fused-ring (bicyclic) bond motifs is 7. The zero-order valence-electron chi connectivity index (χ0n) is 24.8. The maximum absolute atomic E-state index is 13.3. The molecule has 4 nitrogen and oxygen atoms in total. The number of nitrogens with zero attached hydrogens (tertiary/aromatic N) is 2. The van der Waals surface area contributed by atoms with Gasteiger partial charge in [0, 0.05) is 16.4 Å². The fraction of sp³-hybridized carbons (Fsp3) is 0.788. The highest BCUT2D eigenvalue weighted by Gasteiger charge is 2.69. The summed E-state index contributed by atoms with van der Waals surface area (Å²) in [6.45, 7) is 16.1. The number of ketones is 1. The summed E-state index contributed by atoms with van der Waals surface area (Å²) in [5.74, 6) is 1.07. The van der Waals surface area contributed by atoms with Crippen LogP contribution in [0.5, 0.6) is 0 Å². The number of aldehydes is 1. The van der Waals surface area contributed by atoms with Crippen LogP contribution in [0.1, 0.15) is 99.8 Å². The first kappa shape index (κ1) is 26.9. The average molecular weight is 505 g/mol. The van der Waals surface area contributed by atoms with E-state index in [-0.39, 0.29) is 33.6 Å². The van der Waals surface area contributed by atoms with E-state index in [1.165, 1.54) is 31.3 Å². The summed E-state index contributed by atoms with van der Waals surface area (Å²) in [6.07, 6.45) is 12.0. The number of hydrogen-bond donors (Lipinski definition) is 0. The van der Waals surface area contributed by atoms with Gasteiger partial charge in [-0.05, 0) is 111 Å². The van der Waals surface area contributed by atoms with Crippen LogP contribution in [-0.4, -0.2) is 36.6 Å². The van der Waals surface area contributed by atoms with E-state index in [0.717, 1.165) is 37.5 Å². The fourth-order valence-electron chi connectivity index (χ4n) is 11.0. The van der Waals surface area contributed by atoms with Gasteiger partial charge >= 0.3 is 0 Å². The molecule has 0 aliphatic heterocycles. The van der Waals surface area contributed by atoms with Crippen LogP contribution in [0.2, 0.25) is 0 Å². The van der Waals surface area contributed by atoms with Crippen LogP contribution in [0, 0.1) is 56.2 Å². The Balaban J connectivity index is 1.73. The number of carbonyl (C=O) groups is 2. The van der Waals surface area contributed by atoms with Gasteiger partial charge in [-0.25, -0.2) is 0 Å². The lowest BCUT2D eigenvalue weighted by Crippen LogP contribution is -2.67. The van der Waals surface area contributed by atoms with E-state index >= 15 is 0 Å². The minimum absolute atomic E-state index is 0.0351. The molecule has 3 fully saturated rings. The predicted octanol–water partition coefficient (Wildman–Crippen LogP) is 6.91. The topological polar surface area (TPSA) is 61.2 Å². The number of Topliss-reactive ketones (excluding diaryl/α,β-unsaturated/α-hetero) is 1. The highest BCUT2D eigenvalue weighted by atomic mass is 16.1. The number of rotatable bonds is 2. The molecule has 0 aromatic rings. The highest BCUT2D eigenvalue weighted by Crippen LogP contribution is 2.75. The number of nitriles is 1. The SMILES string of the molecule is CN(C)[C@]12CCC(C)(C)CC1C1CC(C=O)=C3[C@@]4(C)C=C(C#N)C(=O)C(C)(C)[C@@H]4CC[C@@]3(C)[C@]1(C)CC2. The molecular weight excluding hydrogens is 456 g/mol. The Morgan fingerprint density at radius 2 is 1.62 bits per heavy atom. The lowest BCUT2D eigenvalue weighted by atomic mass is 9.34. The van der Waals surface area contributed by atoms with E-state index in [0.29, 0.717) is 17.3 Å². The van der Waals surface area contributed by atoms with Crippen LogP contribution in [0.25, 0.3) is 0 Å². The first-order valence-corrected chi connectivity index (χ1v) is 14.6. The molecule has 5 aliphatic carbocycles. The van der Waals surface area contributed by atoms with E-state index in [9.17, 15) is 14.9 Å². The molecule has 0 N–H and O–H groups in total. The molecule has 0 heterocycles. The molecular formula is C33H48N2O2. The second-order valence-corrected chi connectivity index (χ2v) is 15.6. The van der Waals surface area contributed by atoms with Gasteiger partial charge in [0.15, 0.2) is 5.78 Å². The molecule has 7 atom stereocenters. The lowest BCUT2D eigenvalue weighted by molar-refractivity contribution is -0.165. The molecule has 0 radical (unpaired) electrons. The molecule has 0 amide bonds. The third kappa shape index (κ3) is 3.22. The van der Waals surface area contributed by atoms with Gasteiger partial charge in [-0.2, -0.15) is 5.26 Å². The summed E-state index contributed by atoms with van der Waals surface area (Å²) in [5, 5.41) is 9.95. The maximum Gasteiger partial charge on any atom is 0.178 e. The molecule has 3 saturated carbocycles. The minimum Gasteiger partial charge on any atom is -0.303 e. The molecule has 0 saturated heterocycles. The third-order valence-electron chi connectivity index (χ3n) is 13.1. The molecule has 37 heavy (non-hydrogen) atoms. The fourth-order valence-corrected chi connectivity index (χ4v) is 11.0. The van der Waals surface area contributed by atoms with Gasteiger partial charge in [-0.3, -0.25) is 9.59 Å². The third-order valence-corrected chi connectivity index (χ3v) is 13.1. The van der Waals surface area contributed by atoms with E-state index in [4.69, 9.17) is 0 Å². The number of carbonyl (C=O) groups excluding carboxylic acids is 2. The minimum atomic E-state index is -0.616. The molecule has 0 spiro atoms. The Labute approximate surface area is 224 Å². The van der Waals surface area contributed by atoms with Crippen LogP contribution in [0.15, 0.2) is 22.8 Å². The summed E-state index contributed by atoms with van der Waals surface area (Å²) in [6, 6.07) is 2.23. The lowest BCUT2D eigenvalue weighted by Gasteiger charge is -2.71. The van der Waals surface area contributed by atoms with Crippen LogP contribution in [-0.2, 0) is 9.59 Å². The van der Waals surface area contributed by atoms with Crippen molar-refractivity contribution in [2.75, 3.05) is 14.1 Å². The van der Waals surface area contributed by atoms with Crippen molar-refractivity contribution in [3.8, 4) is 6.07 Å². The van der Waals surface area contributed by atoms with Gasteiger partial charge in [-0.15, -0.1) is 0 Å². The first-order valence-electron chi connectivity index (χ1n) is 14.6. The van der Waals surface area contributed by atoms with Crippen molar-refractivity contribution < 1.29 is 9.59 Å². The largest absolute Gasteiger partial charge is 0.303 e. The summed E-state index contributed by atoms with van der Waals surface area (Å²) >= 11 is 0. The zero-order valence-corrected chi connectivity index (χ0v) is 24.8. The van der Waals surface area contributed by atoms with E-state index in [1.54, 1.807) is 0 Å². The summed E-state index contributed by atoms with van der Waals surface area (Å²) < 4.78 is 0. The summed E-state index contributed by atoms with van der Waals surface area (Å²) in [7, 11) is 4.56. The van der Waals surface area contributed by atoms with E-state index in [1.807, 2.05) is 19.9 Å². The smallest absolute Gasteiger partial charge is 0.178 e. The number of allylic oxidation sites excluding steroid dienone is 4. The van der Waals surface area contributed by atoms with Crippen molar-refractivity contribution in [3.63, 3.8) is 0 Å². The second kappa shape index (κ2) is 7.91. The van der Waals surface area contributed by atoms with Crippen molar-refractivity contribution in [2.24, 2.45) is 44.8 Å². The van der Waals surface area contributed by atoms with Crippen molar-refractivity contribution >= 4 is 12.1 Å². The van der Waals surface area contributed by atoms with E-state index in [2.05, 4.69) is 59.7 Å². The summed E-state index contributed by atoms with van der Waals surface area (Å²) in [4.78, 5) is 28.8. The van der Waals surface area contributed by atoms with Crippen LogP contribution < -0.4 is 0 Å². The standard InChI is InChI=1S/C33H48N2O2/c1-28(2)12-14-33(35(8)9)15-13-31(6)23(24(33)18-28)16-21(20-36)26-30(5)17-22(19-34)27(37)29(3,4)25(30)10-11-32(26,31)7/h17,20,23-25H,10-16,18H2,1-9H3/t23?,24?,25-,30-,31+,32+,33-/m0/s1. The first-order chi connectivity index (χ1) is 17.0. The maximum atomic E-state index is 13.3. The van der Waals surface area contributed by atoms with Crippen molar-refractivity contribution in [2.45, 2.75) is 105 Å². The normalized spacial score (nSPS) is 46.1. The Hall–Kier alpha value is -1.73. The Morgan fingerprint density at radius 1 is 0.973 bits per heavy atom. The van der Waals surface area contributed by atoms with Crippen molar-refractivity contribution in [1.29, 1.82) is 5.26 Å². The van der Waals surface area contributed by atoms with Gasteiger partial charge < -0.3 is 4.90 Å². The number of hydrogen-bond acceptors (Lipinski definition) is 4. The van der Waals surface area contributed by atoms with Gasteiger partial charge in [0.05, 0.1) is 5.57 Å². The van der Waals surface area contributed by atoms with Gasteiger partial charge in [0.2, 0.25) is 0 Å². The average Bonchev–Trinajstić information content (AvgIpc) is 2.81. The van der Waals surface area contributed by atoms with Gasteiger partial charge in [0.25, 0.3) is 0 Å². The van der Waals surface area contributed by atoms with Crippen LogP contribution in [0.3, 0.4) is 0 Å². The highest BCUT2D eigenvalue weighted by molar-refractivity contribution is 6.04. The van der Waals surface area contributed by atoms with Crippen molar-refractivity contribution in [1.82, 2.24) is 4.90 Å². The van der Waals surface area contributed by atoms with E-state index < -0.39 is 10.8 Å². The quantitative estimate of drug-likeness (QED) is 0.383. The molecule has 0 aromatic carbocycles. The Bertz CT molecular complexity index is 1150. The Kier molecular flexibility index (Phi) is 5.74. The van der Waals surface area contributed by atoms with Crippen LogP contribution >= 0.6 is 0 Å². The molecule has 0 aromatic heterocycles. The second-order valence-electron chi connectivity index (χ2n) is 15.6. The van der Waals surface area contributed by atoms with Gasteiger partial charge in [0.1, 0.15) is 12.4 Å². The molecule has 4 heteroatoms. The zero-order chi connectivity index (χ0) is 27.4. The van der Waals surface area contributed by atoms with Crippen LogP contribution in [0.4, 0.5) is 0 Å².